The SMILES string of the molecule is Cc1ccccc1NC(=O)N(C)CCc1noc(-c2ccc(C(=O)NCCCc3ccccc3)cc2)n1. The molecule has 0 aliphatic heterocycles. The van der Waals surface area contributed by atoms with Crippen LogP contribution in [0.4, 0.5) is 10.5 Å². The first-order chi connectivity index (χ1) is 18.0. The Morgan fingerprint density at radius 3 is 2.41 bits per heavy atom. The van der Waals surface area contributed by atoms with Gasteiger partial charge in [0.1, 0.15) is 0 Å². The summed E-state index contributed by atoms with van der Waals surface area (Å²) in [6.07, 6.45) is 2.25. The predicted molar refractivity (Wildman–Crippen MR) is 143 cm³/mol. The zero-order valence-corrected chi connectivity index (χ0v) is 21.1. The summed E-state index contributed by atoms with van der Waals surface area (Å²) in [4.78, 5) is 30.9. The number of aryl methyl sites for hydroxylation is 2. The summed E-state index contributed by atoms with van der Waals surface area (Å²) in [5, 5.41) is 9.90. The Bertz CT molecular complexity index is 1320. The van der Waals surface area contributed by atoms with Crippen LogP contribution in [-0.4, -0.2) is 47.1 Å². The average molecular weight is 498 g/mol. The molecule has 0 saturated heterocycles. The first-order valence-electron chi connectivity index (χ1n) is 12.3. The fourth-order valence-electron chi connectivity index (χ4n) is 3.77. The summed E-state index contributed by atoms with van der Waals surface area (Å²) in [7, 11) is 1.72. The van der Waals surface area contributed by atoms with Crippen molar-refractivity contribution in [1.29, 1.82) is 0 Å². The van der Waals surface area contributed by atoms with Crippen LogP contribution in [0.3, 0.4) is 0 Å². The van der Waals surface area contributed by atoms with Gasteiger partial charge in [0.05, 0.1) is 0 Å². The van der Waals surface area contributed by atoms with E-state index in [0.717, 1.165) is 29.7 Å². The van der Waals surface area contributed by atoms with Gasteiger partial charge in [-0.25, -0.2) is 4.79 Å². The molecule has 0 bridgehead atoms. The third-order valence-corrected chi connectivity index (χ3v) is 6.04. The minimum Gasteiger partial charge on any atom is -0.352 e. The van der Waals surface area contributed by atoms with Crippen molar-refractivity contribution in [2.45, 2.75) is 26.2 Å². The number of nitrogens with one attached hydrogen (secondary N) is 2. The fourth-order valence-corrected chi connectivity index (χ4v) is 3.77. The molecule has 0 saturated carbocycles. The second-order valence-electron chi connectivity index (χ2n) is 8.85. The maximum atomic E-state index is 12.5. The monoisotopic (exact) mass is 497 g/mol. The zero-order chi connectivity index (χ0) is 26.0. The first-order valence-corrected chi connectivity index (χ1v) is 12.3. The van der Waals surface area contributed by atoms with Crippen molar-refractivity contribution in [3.63, 3.8) is 0 Å². The van der Waals surface area contributed by atoms with Crippen LogP contribution in [-0.2, 0) is 12.8 Å². The van der Waals surface area contributed by atoms with Crippen LogP contribution in [0.15, 0.2) is 83.4 Å². The number of rotatable bonds is 10. The van der Waals surface area contributed by atoms with Crippen LogP contribution in [0.25, 0.3) is 11.5 Å². The highest BCUT2D eigenvalue weighted by Crippen LogP contribution is 2.18. The Balaban J connectivity index is 1.23. The van der Waals surface area contributed by atoms with Gasteiger partial charge in [-0.3, -0.25) is 4.79 Å². The Morgan fingerprint density at radius 2 is 1.65 bits per heavy atom. The summed E-state index contributed by atoms with van der Waals surface area (Å²) >= 11 is 0. The molecule has 1 aromatic heterocycles. The van der Waals surface area contributed by atoms with Gasteiger partial charge in [-0.1, -0.05) is 53.7 Å². The molecule has 3 amide bonds. The molecule has 190 valence electrons. The van der Waals surface area contributed by atoms with E-state index in [1.807, 2.05) is 49.4 Å². The van der Waals surface area contributed by atoms with Gasteiger partial charge in [-0.2, -0.15) is 4.98 Å². The van der Waals surface area contributed by atoms with Crippen LogP contribution in [0.2, 0.25) is 0 Å². The average Bonchev–Trinajstić information content (AvgIpc) is 3.40. The summed E-state index contributed by atoms with van der Waals surface area (Å²) in [5.74, 6) is 0.764. The van der Waals surface area contributed by atoms with Crippen LogP contribution in [0, 0.1) is 6.92 Å². The Labute approximate surface area is 216 Å². The second kappa shape index (κ2) is 12.5. The number of nitrogens with zero attached hydrogens (tertiary/aromatic N) is 3. The predicted octanol–water partition coefficient (Wildman–Crippen LogP) is 5.11. The van der Waals surface area contributed by atoms with E-state index in [1.54, 1.807) is 36.2 Å². The Hall–Kier alpha value is -4.46. The zero-order valence-electron chi connectivity index (χ0n) is 21.1. The molecular weight excluding hydrogens is 466 g/mol. The highest BCUT2D eigenvalue weighted by Gasteiger charge is 2.14. The largest absolute Gasteiger partial charge is 0.352 e. The molecule has 8 nitrogen and oxygen atoms in total. The summed E-state index contributed by atoms with van der Waals surface area (Å²) < 4.78 is 5.40. The minimum atomic E-state index is -0.202. The molecule has 0 atom stereocenters. The molecule has 0 spiro atoms. The lowest BCUT2D eigenvalue weighted by atomic mass is 10.1. The molecule has 3 aromatic carbocycles. The van der Waals surface area contributed by atoms with E-state index in [2.05, 4.69) is 32.9 Å². The summed E-state index contributed by atoms with van der Waals surface area (Å²) in [6, 6.07) is 24.7. The minimum absolute atomic E-state index is 0.113. The van der Waals surface area contributed by atoms with Crippen LogP contribution in [0.1, 0.15) is 33.7 Å². The van der Waals surface area contributed by atoms with E-state index in [0.29, 0.717) is 36.8 Å². The molecule has 4 aromatic rings. The van der Waals surface area contributed by atoms with Crippen molar-refractivity contribution < 1.29 is 14.1 Å². The van der Waals surface area contributed by atoms with Gasteiger partial charge >= 0.3 is 6.03 Å². The normalized spacial score (nSPS) is 10.6. The van der Waals surface area contributed by atoms with Gasteiger partial charge in [0.25, 0.3) is 11.8 Å². The molecular formula is C29H31N5O3. The maximum absolute atomic E-state index is 12.5. The lowest BCUT2D eigenvalue weighted by Crippen LogP contribution is -2.33. The molecule has 37 heavy (non-hydrogen) atoms. The molecule has 0 unspecified atom stereocenters. The van der Waals surface area contributed by atoms with E-state index < -0.39 is 0 Å². The van der Waals surface area contributed by atoms with Crippen molar-refractivity contribution in [2.75, 3.05) is 25.5 Å². The summed E-state index contributed by atoms with van der Waals surface area (Å²) in [6.45, 7) is 2.99. The van der Waals surface area contributed by atoms with Crippen molar-refractivity contribution in [1.82, 2.24) is 20.4 Å². The van der Waals surface area contributed by atoms with E-state index in [1.165, 1.54) is 5.56 Å². The highest BCUT2D eigenvalue weighted by atomic mass is 16.5. The van der Waals surface area contributed by atoms with Gasteiger partial charge in [0.2, 0.25) is 0 Å². The second-order valence-corrected chi connectivity index (χ2v) is 8.85. The Morgan fingerprint density at radius 1 is 0.919 bits per heavy atom. The van der Waals surface area contributed by atoms with Crippen LogP contribution in [0.5, 0.6) is 0 Å². The van der Waals surface area contributed by atoms with Gasteiger partial charge < -0.3 is 20.1 Å². The standard InChI is InChI=1S/C29H31N5O3/c1-21-9-6-7-13-25(21)31-29(36)34(2)20-18-26-32-28(37-33-26)24-16-14-23(15-17-24)27(35)30-19-8-12-22-10-4-3-5-11-22/h3-7,9-11,13-17H,8,12,18-20H2,1-2H3,(H,30,35)(H,31,36). The van der Waals surface area contributed by atoms with Crippen molar-refractivity contribution >= 4 is 17.6 Å². The molecule has 8 heteroatoms. The number of benzene rings is 3. The smallest absolute Gasteiger partial charge is 0.321 e. The van der Waals surface area contributed by atoms with Crippen LogP contribution >= 0.6 is 0 Å². The van der Waals surface area contributed by atoms with Gasteiger partial charge in [-0.15, -0.1) is 0 Å². The third kappa shape index (κ3) is 7.27. The fraction of sp³-hybridized carbons (Fsp3) is 0.241. The summed E-state index contributed by atoms with van der Waals surface area (Å²) in [5.41, 5.74) is 4.34. The lowest BCUT2D eigenvalue weighted by molar-refractivity contribution is 0.0953. The maximum Gasteiger partial charge on any atom is 0.321 e. The number of urea groups is 1. The number of hydrogen-bond acceptors (Lipinski definition) is 5. The van der Waals surface area contributed by atoms with Gasteiger partial charge in [0, 0.05) is 43.4 Å². The number of aromatic nitrogens is 2. The molecule has 4 rings (SSSR count). The molecule has 0 aliphatic rings. The number of hydrogen-bond donors (Lipinski definition) is 2. The number of para-hydroxylation sites is 1. The Kier molecular flexibility index (Phi) is 8.65. The number of anilines is 1. The highest BCUT2D eigenvalue weighted by molar-refractivity contribution is 5.94. The van der Waals surface area contributed by atoms with Crippen molar-refractivity contribution in [3.8, 4) is 11.5 Å². The number of amides is 3. The molecule has 2 N–H and O–H groups in total. The van der Waals surface area contributed by atoms with Gasteiger partial charge in [0.15, 0.2) is 5.82 Å². The van der Waals surface area contributed by atoms with Crippen LogP contribution < -0.4 is 10.6 Å². The van der Waals surface area contributed by atoms with Crippen molar-refractivity contribution in [2.24, 2.45) is 0 Å². The molecule has 0 radical (unpaired) electrons. The third-order valence-electron chi connectivity index (χ3n) is 6.04. The quantitative estimate of drug-likeness (QED) is 0.297. The van der Waals surface area contributed by atoms with E-state index >= 15 is 0 Å². The number of carbonyl (C=O) groups excluding carboxylic acids is 2. The van der Waals surface area contributed by atoms with Crippen molar-refractivity contribution in [3.05, 3.63) is 101 Å². The topological polar surface area (TPSA) is 100 Å². The number of carbonyl (C=O) groups is 2. The van der Waals surface area contributed by atoms with Gasteiger partial charge in [-0.05, 0) is 61.2 Å². The lowest BCUT2D eigenvalue weighted by Gasteiger charge is -2.18. The number of likely N-dealkylation sites (N-methyl/N-ethyl adjacent to an activating group) is 1. The van der Waals surface area contributed by atoms with E-state index in [9.17, 15) is 9.59 Å². The molecule has 0 aliphatic carbocycles. The van der Waals surface area contributed by atoms with E-state index in [-0.39, 0.29) is 11.9 Å². The first kappa shape index (κ1) is 25.6. The molecule has 1 heterocycles. The molecule has 0 fully saturated rings. The van der Waals surface area contributed by atoms with E-state index in [4.69, 9.17) is 4.52 Å².